The Morgan fingerprint density at radius 1 is 0.985 bits per heavy atom. The summed E-state index contributed by atoms with van der Waals surface area (Å²) in [5.41, 5.74) is 5.74. The van der Waals surface area contributed by atoms with Gasteiger partial charge in [-0.05, 0) is 56.7 Å². The summed E-state index contributed by atoms with van der Waals surface area (Å²) in [6, 6.07) is 12.6. The first kappa shape index (κ1) is 45.1. The number of anilines is 1. The van der Waals surface area contributed by atoms with E-state index in [1.165, 1.54) is 7.11 Å². The zero-order chi connectivity index (χ0) is 46.5. The molecule has 6 aromatic rings. The van der Waals surface area contributed by atoms with Gasteiger partial charge in [0, 0.05) is 53.8 Å². The van der Waals surface area contributed by atoms with Crippen molar-refractivity contribution in [3.63, 3.8) is 0 Å². The number of hydrogen-bond donors (Lipinski definition) is 3. The van der Waals surface area contributed by atoms with Crippen LogP contribution >= 0.6 is 34.5 Å². The molecule has 4 aliphatic heterocycles. The number of aromatic amines is 1. The van der Waals surface area contributed by atoms with Crippen LogP contribution in [0.25, 0.3) is 27.4 Å². The van der Waals surface area contributed by atoms with Crippen LogP contribution in [0.2, 0.25) is 10.0 Å². The number of rotatable bonds is 13. The highest BCUT2D eigenvalue weighted by molar-refractivity contribution is 7.15. The van der Waals surface area contributed by atoms with Crippen molar-refractivity contribution in [3.8, 4) is 28.1 Å². The van der Waals surface area contributed by atoms with E-state index in [1.807, 2.05) is 47.9 Å². The summed E-state index contributed by atoms with van der Waals surface area (Å²) in [5.74, 6) is 1.94. The Balaban J connectivity index is 0.711. The molecule has 22 heteroatoms. The number of carbonyl (C=O) groups excluding carboxylic acids is 2. The van der Waals surface area contributed by atoms with Crippen LogP contribution in [0, 0.1) is 20.8 Å². The Morgan fingerprint density at radius 3 is 2.57 bits per heavy atom. The number of aryl methyl sites for hydroxylation is 2. The number of fused-ring (bicyclic) bond motifs is 5. The van der Waals surface area contributed by atoms with Gasteiger partial charge >= 0.3 is 0 Å². The topological polar surface area (TPSA) is 217 Å². The van der Waals surface area contributed by atoms with Gasteiger partial charge in [0.05, 0.1) is 60.9 Å². The molecule has 2 amide bonds. The predicted molar refractivity (Wildman–Crippen MR) is 249 cm³/mol. The summed E-state index contributed by atoms with van der Waals surface area (Å²) >= 11 is 14.6. The van der Waals surface area contributed by atoms with Gasteiger partial charge in [-0.3, -0.25) is 19.1 Å². The molecule has 1 aromatic carbocycles. The third kappa shape index (κ3) is 8.82. The summed E-state index contributed by atoms with van der Waals surface area (Å²) in [5, 5.41) is 23.8. The number of halogens is 2. The fourth-order valence-corrected chi connectivity index (χ4v) is 10.4. The number of piperazine rings is 1. The van der Waals surface area contributed by atoms with Crippen molar-refractivity contribution in [2.75, 3.05) is 71.2 Å². The highest BCUT2D eigenvalue weighted by Gasteiger charge is 2.48. The maximum Gasteiger partial charge on any atom is 0.296 e. The number of carbonyl (C=O) groups is 2. The maximum atomic E-state index is 13.4. The van der Waals surface area contributed by atoms with E-state index in [2.05, 4.69) is 44.2 Å². The van der Waals surface area contributed by atoms with Gasteiger partial charge in [0.1, 0.15) is 47.6 Å². The molecule has 3 fully saturated rings. The van der Waals surface area contributed by atoms with Crippen molar-refractivity contribution in [2.45, 2.75) is 57.6 Å². The number of thiophene rings is 1. The molecule has 5 atom stereocenters. The molecule has 4 aliphatic rings. The molecule has 0 saturated carbocycles. The lowest BCUT2D eigenvalue weighted by molar-refractivity contribution is -0.136. The minimum atomic E-state index is -0.688. The molecule has 0 bridgehead atoms. The molecule has 350 valence electrons. The van der Waals surface area contributed by atoms with E-state index in [0.29, 0.717) is 82.0 Å². The number of aliphatic imine (C=N–C) groups is 1. The summed E-state index contributed by atoms with van der Waals surface area (Å²) in [6.45, 7) is 8.79. The van der Waals surface area contributed by atoms with Crippen LogP contribution in [0.5, 0.6) is 11.9 Å². The molecule has 0 spiro atoms. The van der Waals surface area contributed by atoms with Gasteiger partial charge in [0.15, 0.2) is 17.6 Å². The van der Waals surface area contributed by atoms with Crippen LogP contribution in [0.4, 0.5) is 5.82 Å². The van der Waals surface area contributed by atoms with E-state index in [4.69, 9.17) is 61.8 Å². The Kier molecular flexibility index (Phi) is 12.6. The van der Waals surface area contributed by atoms with Gasteiger partial charge in [-0.2, -0.15) is 9.97 Å². The van der Waals surface area contributed by atoms with E-state index in [0.717, 1.165) is 32.3 Å². The monoisotopic (exact) mass is 971 g/mol. The first-order valence-corrected chi connectivity index (χ1v) is 23.4. The average Bonchev–Trinajstić information content (AvgIpc) is 4.14. The number of aliphatic hydroxyl groups excluding tert-OH is 1. The number of ether oxygens (including phenoxy) is 5. The summed E-state index contributed by atoms with van der Waals surface area (Å²) in [4.78, 5) is 53.9. The molecular weight excluding hydrogens is 926 g/mol. The maximum absolute atomic E-state index is 13.4. The number of amides is 2. The van der Waals surface area contributed by atoms with E-state index in [1.54, 1.807) is 22.3 Å². The van der Waals surface area contributed by atoms with Gasteiger partial charge in [-0.1, -0.05) is 35.3 Å². The van der Waals surface area contributed by atoms with Crippen molar-refractivity contribution in [2.24, 2.45) is 4.99 Å². The molecule has 67 heavy (non-hydrogen) atoms. The molecule has 19 nitrogen and oxygen atoms in total. The number of pyridine rings is 2. The van der Waals surface area contributed by atoms with Crippen molar-refractivity contribution < 1.29 is 38.4 Å². The van der Waals surface area contributed by atoms with E-state index < -0.39 is 30.5 Å². The Hall–Kier alpha value is -5.74. The van der Waals surface area contributed by atoms with Gasteiger partial charge in [0.25, 0.3) is 6.01 Å². The number of aromatic nitrogens is 7. The van der Waals surface area contributed by atoms with E-state index >= 15 is 0 Å². The highest BCUT2D eigenvalue weighted by atomic mass is 35.5. The molecule has 3 saturated heterocycles. The second kappa shape index (κ2) is 18.7. The molecule has 0 radical (unpaired) electrons. The predicted octanol–water partition coefficient (Wildman–Crippen LogP) is 4.57. The lowest BCUT2D eigenvalue weighted by atomic mass is 9.99. The SMILES string of the molecule is COc1nc(N2CCN(C(=O)COCCNC(=O)C[C@@H]3N=C(c4ccc(Cl)cc4)c4c(sc(C)c4C)-n4c(C)nnc43)CC2)ccc1-c1nc2nc(O[C@@H]3CO[C@H]4[C@@H]3OC[C@H]4O)[nH]c2cc1Cl. The second-order valence-corrected chi connectivity index (χ2v) is 18.7. The largest absolute Gasteiger partial charge is 0.480 e. The van der Waals surface area contributed by atoms with Crippen molar-refractivity contribution in [1.82, 2.24) is 44.9 Å². The smallest absolute Gasteiger partial charge is 0.296 e. The number of imidazole rings is 1. The van der Waals surface area contributed by atoms with Gasteiger partial charge < -0.3 is 48.9 Å². The van der Waals surface area contributed by atoms with Crippen LogP contribution in [-0.4, -0.2) is 153 Å². The second-order valence-electron chi connectivity index (χ2n) is 16.7. The molecule has 10 rings (SSSR count). The number of benzene rings is 1. The number of nitrogens with one attached hydrogen (secondary N) is 2. The highest BCUT2D eigenvalue weighted by Crippen LogP contribution is 2.40. The standard InChI is InChI=1S/C45H47Cl2N11O8S/c1-22-23(2)67-44-36(22)37(25-5-7-26(46)8-6-25)49-30(42-55-54-24(3)58(42)44)18-34(60)48-11-16-63-21-35(61)57-14-12-56(13-15-57)33-10-9-27(43(51-33)62-4)38-28(47)17-29-41(52-38)53-45(50-29)66-32-20-65-39-31(59)19-64-40(32)39/h5-10,17,30-32,39-40,59H,11-16,18-21H2,1-4H3,(H,48,60)(H,50,52,53)/t30-,31+,32+,39+,40+/m0/s1. The lowest BCUT2D eigenvalue weighted by Crippen LogP contribution is -2.50. The number of hydrogen-bond acceptors (Lipinski definition) is 16. The first-order valence-electron chi connectivity index (χ1n) is 21.9. The molecule has 5 aromatic heterocycles. The van der Waals surface area contributed by atoms with Gasteiger partial charge in [0.2, 0.25) is 17.7 Å². The van der Waals surface area contributed by atoms with E-state index in [9.17, 15) is 14.7 Å². The third-order valence-electron chi connectivity index (χ3n) is 12.4. The lowest BCUT2D eigenvalue weighted by Gasteiger charge is -2.35. The normalized spacial score (nSPS) is 21.2. The molecule has 3 N–H and O–H groups in total. The van der Waals surface area contributed by atoms with Crippen molar-refractivity contribution in [3.05, 3.63) is 85.7 Å². The Morgan fingerprint density at radius 2 is 1.78 bits per heavy atom. The van der Waals surface area contributed by atoms with Crippen molar-refractivity contribution >= 4 is 69.0 Å². The van der Waals surface area contributed by atoms with Crippen LogP contribution in [0.15, 0.2) is 47.5 Å². The number of nitrogens with zero attached hydrogens (tertiary/aromatic N) is 9. The fraction of sp³-hybridized carbons (Fsp3) is 0.422. The van der Waals surface area contributed by atoms with Gasteiger partial charge in [-0.15, -0.1) is 21.5 Å². The fourth-order valence-electron chi connectivity index (χ4n) is 8.85. The minimum Gasteiger partial charge on any atom is -0.480 e. The van der Waals surface area contributed by atoms with E-state index in [-0.39, 0.29) is 57.2 Å². The molecule has 0 unspecified atom stereocenters. The van der Waals surface area contributed by atoms with Crippen LogP contribution in [0.1, 0.15) is 45.7 Å². The molecule has 9 heterocycles. The zero-order valence-corrected chi connectivity index (χ0v) is 39.3. The van der Waals surface area contributed by atoms with Crippen LogP contribution < -0.4 is 19.7 Å². The molecular formula is C45H47Cl2N11O8S. The van der Waals surface area contributed by atoms with Crippen LogP contribution in [-0.2, 0) is 23.8 Å². The minimum absolute atomic E-state index is 0.0410. The zero-order valence-electron chi connectivity index (χ0n) is 37.0. The molecule has 0 aliphatic carbocycles. The summed E-state index contributed by atoms with van der Waals surface area (Å²) in [7, 11) is 1.53. The average molecular weight is 973 g/mol. The summed E-state index contributed by atoms with van der Waals surface area (Å²) in [6.07, 6.45) is -1.91. The Bertz CT molecular complexity index is 2880. The van der Waals surface area contributed by atoms with Crippen molar-refractivity contribution in [1.29, 1.82) is 0 Å². The Labute approximate surface area is 398 Å². The number of methoxy groups -OCH3 is 1. The van der Waals surface area contributed by atoms with Crippen LogP contribution in [0.3, 0.4) is 0 Å². The van der Waals surface area contributed by atoms with Gasteiger partial charge in [-0.25, -0.2) is 4.98 Å². The third-order valence-corrected chi connectivity index (χ3v) is 14.2. The summed E-state index contributed by atoms with van der Waals surface area (Å²) < 4.78 is 30.8. The first-order chi connectivity index (χ1) is 32.4. The quantitative estimate of drug-likeness (QED) is 0.135. The number of H-pyrrole nitrogens is 1. The number of aliphatic hydroxyl groups is 1.